The van der Waals surface area contributed by atoms with Crippen LogP contribution >= 0.6 is 0 Å². The first-order valence-electron chi connectivity index (χ1n) is 3.54. The van der Waals surface area contributed by atoms with Crippen molar-refractivity contribution in [1.29, 1.82) is 0 Å². The maximum Gasteiger partial charge on any atom is 0.0558 e. The lowest BCUT2D eigenvalue weighted by Gasteiger charge is -1.89. The first-order valence-corrected chi connectivity index (χ1v) is 3.54. The molecular formula is C8H14N2. The molecular weight excluding hydrogens is 124 g/mol. The summed E-state index contributed by atoms with van der Waals surface area (Å²) in [6.45, 7) is 7.86. The largest absolute Gasteiger partial charge is 0.261 e. The molecule has 0 N–H and O–H groups in total. The summed E-state index contributed by atoms with van der Waals surface area (Å²) in [5, 5.41) is 0. The molecule has 0 amide bonds. The fraction of sp³-hybridized carbons (Fsp3) is 0.500. The van der Waals surface area contributed by atoms with E-state index in [1.807, 2.05) is 27.7 Å². The molecule has 1 rings (SSSR count). The molecule has 0 aliphatic rings. The molecule has 1 heterocycles. The van der Waals surface area contributed by atoms with Crippen LogP contribution in [0.3, 0.4) is 0 Å². The number of hydrogen-bond acceptors (Lipinski definition) is 2. The van der Waals surface area contributed by atoms with Gasteiger partial charge in [0.05, 0.1) is 11.4 Å². The molecule has 56 valence electrons. The zero-order chi connectivity index (χ0) is 7.98. The van der Waals surface area contributed by atoms with Crippen molar-refractivity contribution in [2.75, 3.05) is 0 Å². The first-order chi connectivity index (χ1) is 4.79. The first kappa shape index (κ1) is 9.08. The van der Waals surface area contributed by atoms with Crippen molar-refractivity contribution in [2.24, 2.45) is 0 Å². The molecule has 2 heteroatoms. The van der Waals surface area contributed by atoms with Gasteiger partial charge in [-0.05, 0) is 13.8 Å². The molecule has 0 bridgehead atoms. The van der Waals surface area contributed by atoms with Gasteiger partial charge in [-0.1, -0.05) is 13.8 Å². The maximum absolute atomic E-state index is 4.11. The van der Waals surface area contributed by atoms with Gasteiger partial charge in [0.2, 0.25) is 0 Å². The summed E-state index contributed by atoms with van der Waals surface area (Å²) in [5.41, 5.74) is 1.95. The van der Waals surface area contributed by atoms with E-state index in [4.69, 9.17) is 0 Å². The van der Waals surface area contributed by atoms with Gasteiger partial charge in [0.25, 0.3) is 0 Å². The minimum Gasteiger partial charge on any atom is -0.261 e. The molecule has 0 saturated heterocycles. The number of nitrogens with zero attached hydrogens (tertiary/aromatic N) is 2. The average Bonchev–Trinajstić information content (AvgIpc) is 1.91. The minimum atomic E-state index is 0.977. The Morgan fingerprint density at radius 3 is 1.60 bits per heavy atom. The quantitative estimate of drug-likeness (QED) is 0.548. The number of aryl methyl sites for hydroxylation is 2. The normalized spacial score (nSPS) is 8.00. The van der Waals surface area contributed by atoms with E-state index in [2.05, 4.69) is 9.97 Å². The molecule has 0 fully saturated rings. The molecule has 0 aromatic carbocycles. The minimum absolute atomic E-state index is 0.977. The Morgan fingerprint density at radius 1 is 1.00 bits per heavy atom. The molecule has 0 spiro atoms. The third-order valence-electron chi connectivity index (χ3n) is 0.875. The van der Waals surface area contributed by atoms with E-state index in [0.29, 0.717) is 0 Å². The van der Waals surface area contributed by atoms with Crippen LogP contribution in [-0.2, 0) is 0 Å². The fourth-order valence-corrected chi connectivity index (χ4v) is 0.589. The highest BCUT2D eigenvalue weighted by atomic mass is 14.8. The van der Waals surface area contributed by atoms with Gasteiger partial charge in [0.15, 0.2) is 0 Å². The molecule has 0 atom stereocenters. The van der Waals surface area contributed by atoms with Crippen LogP contribution in [0.15, 0.2) is 12.4 Å². The smallest absolute Gasteiger partial charge is 0.0558 e. The SMILES string of the molecule is CC.Cc1cncc(C)n1. The Balaban J connectivity index is 0.000000371. The predicted molar refractivity (Wildman–Crippen MR) is 42.9 cm³/mol. The van der Waals surface area contributed by atoms with Crippen LogP contribution in [0.4, 0.5) is 0 Å². The molecule has 0 radical (unpaired) electrons. The molecule has 1 aromatic rings. The van der Waals surface area contributed by atoms with Crippen molar-refractivity contribution >= 4 is 0 Å². The number of rotatable bonds is 0. The summed E-state index contributed by atoms with van der Waals surface area (Å²) in [4.78, 5) is 8.03. The molecule has 2 nitrogen and oxygen atoms in total. The van der Waals surface area contributed by atoms with Gasteiger partial charge in [-0.15, -0.1) is 0 Å². The second-order valence-electron chi connectivity index (χ2n) is 1.80. The topological polar surface area (TPSA) is 25.8 Å². The van der Waals surface area contributed by atoms with Crippen LogP contribution in [-0.4, -0.2) is 9.97 Å². The second kappa shape index (κ2) is 4.91. The van der Waals surface area contributed by atoms with Crippen molar-refractivity contribution < 1.29 is 0 Å². The summed E-state index contributed by atoms with van der Waals surface area (Å²) in [5.74, 6) is 0. The van der Waals surface area contributed by atoms with Crippen LogP contribution in [0.25, 0.3) is 0 Å². The van der Waals surface area contributed by atoms with Gasteiger partial charge in [-0.3, -0.25) is 9.97 Å². The third-order valence-corrected chi connectivity index (χ3v) is 0.875. The Kier molecular flexibility index (Phi) is 4.46. The van der Waals surface area contributed by atoms with Gasteiger partial charge in [0.1, 0.15) is 0 Å². The van der Waals surface area contributed by atoms with Crippen LogP contribution < -0.4 is 0 Å². The molecule has 0 saturated carbocycles. The van der Waals surface area contributed by atoms with Gasteiger partial charge in [-0.2, -0.15) is 0 Å². The van der Waals surface area contributed by atoms with Crippen molar-refractivity contribution in [3.63, 3.8) is 0 Å². The number of hydrogen-bond donors (Lipinski definition) is 0. The summed E-state index contributed by atoms with van der Waals surface area (Å²) in [7, 11) is 0. The molecule has 1 aromatic heterocycles. The van der Waals surface area contributed by atoms with Gasteiger partial charge >= 0.3 is 0 Å². The average molecular weight is 138 g/mol. The predicted octanol–water partition coefficient (Wildman–Crippen LogP) is 2.12. The zero-order valence-electron chi connectivity index (χ0n) is 7.05. The van der Waals surface area contributed by atoms with Crippen LogP contribution in [0.1, 0.15) is 25.2 Å². The molecule has 10 heavy (non-hydrogen) atoms. The van der Waals surface area contributed by atoms with E-state index in [-0.39, 0.29) is 0 Å². The highest BCUT2D eigenvalue weighted by Crippen LogP contribution is 1.89. The molecule has 0 unspecified atom stereocenters. The summed E-state index contributed by atoms with van der Waals surface area (Å²) < 4.78 is 0. The van der Waals surface area contributed by atoms with E-state index in [1.165, 1.54) is 0 Å². The Bertz CT molecular complexity index is 167. The van der Waals surface area contributed by atoms with Crippen molar-refractivity contribution in [1.82, 2.24) is 9.97 Å². The van der Waals surface area contributed by atoms with Gasteiger partial charge in [-0.25, -0.2) is 0 Å². The van der Waals surface area contributed by atoms with E-state index in [1.54, 1.807) is 12.4 Å². The van der Waals surface area contributed by atoms with E-state index < -0.39 is 0 Å². The van der Waals surface area contributed by atoms with Crippen LogP contribution in [0.2, 0.25) is 0 Å². The van der Waals surface area contributed by atoms with E-state index in [9.17, 15) is 0 Å². The summed E-state index contributed by atoms with van der Waals surface area (Å²) >= 11 is 0. The lowest BCUT2D eigenvalue weighted by Crippen LogP contribution is -1.85. The fourth-order valence-electron chi connectivity index (χ4n) is 0.589. The van der Waals surface area contributed by atoms with Gasteiger partial charge < -0.3 is 0 Å². The lowest BCUT2D eigenvalue weighted by molar-refractivity contribution is 1.05. The summed E-state index contributed by atoms with van der Waals surface area (Å²) in [6, 6.07) is 0. The highest BCUT2D eigenvalue weighted by Gasteiger charge is 1.83. The van der Waals surface area contributed by atoms with Crippen molar-refractivity contribution in [2.45, 2.75) is 27.7 Å². The van der Waals surface area contributed by atoms with Gasteiger partial charge in [0, 0.05) is 12.4 Å². The van der Waals surface area contributed by atoms with E-state index >= 15 is 0 Å². The third kappa shape index (κ3) is 3.17. The maximum atomic E-state index is 4.11. The van der Waals surface area contributed by atoms with Crippen LogP contribution in [0, 0.1) is 13.8 Å². The highest BCUT2D eigenvalue weighted by molar-refractivity contribution is 4.98. The van der Waals surface area contributed by atoms with Crippen LogP contribution in [0.5, 0.6) is 0 Å². The Hall–Kier alpha value is -0.920. The van der Waals surface area contributed by atoms with Crippen molar-refractivity contribution in [3.05, 3.63) is 23.8 Å². The molecule has 0 aliphatic carbocycles. The zero-order valence-corrected chi connectivity index (χ0v) is 7.05. The van der Waals surface area contributed by atoms with Crippen molar-refractivity contribution in [3.8, 4) is 0 Å². The lowest BCUT2D eigenvalue weighted by atomic mass is 10.4. The van der Waals surface area contributed by atoms with E-state index in [0.717, 1.165) is 11.4 Å². The second-order valence-corrected chi connectivity index (χ2v) is 1.80. The monoisotopic (exact) mass is 138 g/mol. The number of aromatic nitrogens is 2. The standard InChI is InChI=1S/C6H8N2.C2H6/c1-5-3-7-4-6(2)8-5;1-2/h3-4H,1-2H3;1-2H3. The summed E-state index contributed by atoms with van der Waals surface area (Å²) in [6.07, 6.45) is 3.49. The Labute approximate surface area is 62.3 Å². The molecule has 0 aliphatic heterocycles. The Morgan fingerprint density at radius 2 is 1.40 bits per heavy atom.